The third-order valence-electron chi connectivity index (χ3n) is 2.48. The molecule has 1 aliphatic rings. The van der Waals surface area contributed by atoms with Gasteiger partial charge in [-0.15, -0.1) is 11.6 Å². The Bertz CT molecular complexity index is 338. The number of hydrogen-bond donors (Lipinski definition) is 1. The van der Waals surface area contributed by atoms with Crippen LogP contribution in [0.5, 0.6) is 0 Å². The minimum absolute atomic E-state index is 0.0229. The van der Waals surface area contributed by atoms with E-state index in [0.29, 0.717) is 31.8 Å². The van der Waals surface area contributed by atoms with Crippen molar-refractivity contribution < 1.29 is 13.2 Å². The van der Waals surface area contributed by atoms with Gasteiger partial charge in [-0.1, -0.05) is 0 Å². The second-order valence-electron chi connectivity index (χ2n) is 3.62. The number of halogens is 1. The third kappa shape index (κ3) is 3.89. The van der Waals surface area contributed by atoms with Gasteiger partial charge >= 0.3 is 0 Å². The van der Waals surface area contributed by atoms with Gasteiger partial charge in [-0.3, -0.25) is 4.79 Å². The van der Waals surface area contributed by atoms with Gasteiger partial charge in [0, 0.05) is 38.5 Å². The van der Waals surface area contributed by atoms with E-state index in [9.17, 15) is 13.2 Å². The molecule has 1 rings (SSSR count). The lowest BCUT2D eigenvalue weighted by Crippen LogP contribution is -2.52. The van der Waals surface area contributed by atoms with Gasteiger partial charge in [-0.2, -0.15) is 12.7 Å². The van der Waals surface area contributed by atoms with E-state index in [1.165, 1.54) is 4.31 Å². The summed E-state index contributed by atoms with van der Waals surface area (Å²) in [5.41, 5.74) is 0. The zero-order chi connectivity index (χ0) is 12.2. The molecule has 0 bridgehead atoms. The number of piperazine rings is 1. The van der Waals surface area contributed by atoms with Crippen molar-refractivity contribution in [2.24, 2.45) is 5.14 Å². The summed E-state index contributed by atoms with van der Waals surface area (Å²) >= 11 is 5.49. The monoisotopic (exact) mass is 269 g/mol. The molecule has 0 atom stereocenters. The van der Waals surface area contributed by atoms with Crippen molar-refractivity contribution in [3.05, 3.63) is 0 Å². The Hall–Kier alpha value is -0.370. The fourth-order valence-electron chi connectivity index (χ4n) is 1.57. The number of hydrogen-bond acceptors (Lipinski definition) is 3. The predicted molar refractivity (Wildman–Crippen MR) is 61.2 cm³/mol. The van der Waals surface area contributed by atoms with Crippen LogP contribution in [-0.4, -0.2) is 55.6 Å². The quantitative estimate of drug-likeness (QED) is 0.689. The van der Waals surface area contributed by atoms with Crippen molar-refractivity contribution in [2.45, 2.75) is 12.8 Å². The van der Waals surface area contributed by atoms with Crippen molar-refractivity contribution in [1.29, 1.82) is 0 Å². The molecule has 8 heteroatoms. The number of amides is 1. The topological polar surface area (TPSA) is 83.7 Å². The minimum atomic E-state index is -3.62. The number of alkyl halides is 1. The van der Waals surface area contributed by atoms with E-state index in [0.717, 1.165) is 0 Å². The van der Waals surface area contributed by atoms with Crippen LogP contribution < -0.4 is 5.14 Å². The van der Waals surface area contributed by atoms with Gasteiger partial charge in [0.15, 0.2) is 0 Å². The third-order valence-corrected chi connectivity index (χ3v) is 3.83. The molecule has 0 aromatic heterocycles. The second kappa shape index (κ2) is 5.81. The highest BCUT2D eigenvalue weighted by molar-refractivity contribution is 7.86. The number of carbonyl (C=O) groups is 1. The number of carbonyl (C=O) groups excluding carboxylic acids is 1. The summed E-state index contributed by atoms with van der Waals surface area (Å²) in [6.07, 6.45) is 1.06. The minimum Gasteiger partial charge on any atom is -0.340 e. The molecule has 1 saturated heterocycles. The zero-order valence-electron chi connectivity index (χ0n) is 8.93. The van der Waals surface area contributed by atoms with Gasteiger partial charge in [-0.25, -0.2) is 5.14 Å². The van der Waals surface area contributed by atoms with Gasteiger partial charge in [0.1, 0.15) is 0 Å². The molecule has 16 heavy (non-hydrogen) atoms. The van der Waals surface area contributed by atoms with E-state index in [1.807, 2.05) is 0 Å². The van der Waals surface area contributed by atoms with Gasteiger partial charge < -0.3 is 4.90 Å². The molecule has 0 aromatic carbocycles. The summed E-state index contributed by atoms with van der Waals surface area (Å²) < 4.78 is 23.2. The van der Waals surface area contributed by atoms with Crippen LogP contribution in [0.15, 0.2) is 0 Å². The van der Waals surface area contributed by atoms with Crippen molar-refractivity contribution in [1.82, 2.24) is 9.21 Å². The van der Waals surface area contributed by atoms with Gasteiger partial charge in [0.25, 0.3) is 10.2 Å². The molecule has 1 heterocycles. The molecular formula is C8H16ClN3O3S. The average Bonchev–Trinajstić information content (AvgIpc) is 2.25. The predicted octanol–water partition coefficient (Wildman–Crippen LogP) is -0.647. The Morgan fingerprint density at radius 1 is 1.25 bits per heavy atom. The number of nitrogens with zero attached hydrogens (tertiary/aromatic N) is 2. The molecule has 0 saturated carbocycles. The Morgan fingerprint density at radius 2 is 1.81 bits per heavy atom. The highest BCUT2D eigenvalue weighted by atomic mass is 35.5. The molecule has 0 aliphatic carbocycles. The SMILES string of the molecule is NS(=O)(=O)N1CCN(C(=O)CCCCl)CC1. The smallest absolute Gasteiger partial charge is 0.277 e. The normalized spacial score (nSPS) is 18.8. The number of rotatable bonds is 4. The average molecular weight is 270 g/mol. The van der Waals surface area contributed by atoms with Gasteiger partial charge in [-0.05, 0) is 6.42 Å². The maximum Gasteiger partial charge on any atom is 0.277 e. The summed E-state index contributed by atoms with van der Waals surface area (Å²) in [6.45, 7) is 1.34. The summed E-state index contributed by atoms with van der Waals surface area (Å²) in [4.78, 5) is 13.2. The van der Waals surface area contributed by atoms with E-state index >= 15 is 0 Å². The zero-order valence-corrected chi connectivity index (χ0v) is 10.5. The van der Waals surface area contributed by atoms with Crippen LogP contribution in [0.4, 0.5) is 0 Å². The van der Waals surface area contributed by atoms with Gasteiger partial charge in [0.05, 0.1) is 0 Å². The fraction of sp³-hybridized carbons (Fsp3) is 0.875. The van der Waals surface area contributed by atoms with Gasteiger partial charge in [0.2, 0.25) is 5.91 Å². The molecule has 0 spiro atoms. The Kier molecular flexibility index (Phi) is 4.97. The van der Waals surface area contributed by atoms with Crippen LogP contribution in [0.3, 0.4) is 0 Å². The van der Waals surface area contributed by atoms with Crippen molar-refractivity contribution in [2.75, 3.05) is 32.1 Å². The first-order valence-electron chi connectivity index (χ1n) is 5.07. The van der Waals surface area contributed by atoms with Crippen LogP contribution in [0.1, 0.15) is 12.8 Å². The van der Waals surface area contributed by atoms with Crippen LogP contribution in [0, 0.1) is 0 Å². The maximum atomic E-state index is 11.6. The molecule has 1 amide bonds. The summed E-state index contributed by atoms with van der Waals surface area (Å²) in [7, 11) is -3.62. The molecule has 0 radical (unpaired) electrons. The Balaban J connectivity index is 2.40. The molecule has 1 aliphatic heterocycles. The molecule has 2 N–H and O–H groups in total. The first kappa shape index (κ1) is 13.7. The maximum absolute atomic E-state index is 11.6. The van der Waals surface area contributed by atoms with E-state index in [2.05, 4.69) is 0 Å². The lowest BCUT2D eigenvalue weighted by atomic mass is 10.2. The number of nitrogens with two attached hydrogens (primary N) is 1. The molecule has 6 nitrogen and oxygen atoms in total. The van der Waals surface area contributed by atoms with Crippen LogP contribution in [-0.2, 0) is 15.0 Å². The van der Waals surface area contributed by atoms with Crippen LogP contribution >= 0.6 is 11.6 Å². The van der Waals surface area contributed by atoms with E-state index in [1.54, 1.807) is 4.90 Å². The standard InChI is InChI=1S/C8H16ClN3O3S/c9-3-1-2-8(13)11-4-6-12(7-5-11)16(10,14)15/h1-7H2,(H2,10,14,15). The first-order valence-corrected chi connectivity index (χ1v) is 7.10. The molecular weight excluding hydrogens is 254 g/mol. The molecule has 0 unspecified atom stereocenters. The van der Waals surface area contributed by atoms with E-state index < -0.39 is 10.2 Å². The summed E-state index contributed by atoms with van der Waals surface area (Å²) in [5, 5.41) is 4.99. The van der Waals surface area contributed by atoms with Crippen molar-refractivity contribution in [3.8, 4) is 0 Å². The second-order valence-corrected chi connectivity index (χ2v) is 5.54. The Labute approximate surface area is 101 Å². The lowest BCUT2D eigenvalue weighted by Gasteiger charge is -2.32. The summed E-state index contributed by atoms with van der Waals surface area (Å²) in [5.74, 6) is 0.484. The molecule has 1 fully saturated rings. The van der Waals surface area contributed by atoms with Crippen molar-refractivity contribution >= 4 is 27.7 Å². The lowest BCUT2D eigenvalue weighted by molar-refractivity contribution is -0.132. The highest BCUT2D eigenvalue weighted by Crippen LogP contribution is 2.07. The molecule has 94 valence electrons. The summed E-state index contributed by atoms with van der Waals surface area (Å²) in [6, 6.07) is 0. The Morgan fingerprint density at radius 3 is 2.25 bits per heavy atom. The fourth-order valence-corrected chi connectivity index (χ4v) is 2.37. The first-order chi connectivity index (χ1) is 7.45. The van der Waals surface area contributed by atoms with Crippen LogP contribution in [0.25, 0.3) is 0 Å². The largest absolute Gasteiger partial charge is 0.340 e. The molecule has 0 aromatic rings. The highest BCUT2D eigenvalue weighted by Gasteiger charge is 2.25. The van der Waals surface area contributed by atoms with E-state index in [4.69, 9.17) is 16.7 Å². The van der Waals surface area contributed by atoms with Crippen LogP contribution in [0.2, 0.25) is 0 Å². The van der Waals surface area contributed by atoms with Crippen molar-refractivity contribution in [3.63, 3.8) is 0 Å². The van der Waals surface area contributed by atoms with E-state index in [-0.39, 0.29) is 19.0 Å².